The highest BCUT2D eigenvalue weighted by Gasteiger charge is 2.12. The van der Waals surface area contributed by atoms with Gasteiger partial charge in [0.25, 0.3) is 0 Å². The van der Waals surface area contributed by atoms with Gasteiger partial charge in [0.05, 0.1) is 18.4 Å². The SMILES string of the molecule is CC.COC(=O)c1ccc(Br)c(C)c1N. The van der Waals surface area contributed by atoms with Gasteiger partial charge in [-0.2, -0.15) is 0 Å². The summed E-state index contributed by atoms with van der Waals surface area (Å²) >= 11 is 3.32. The van der Waals surface area contributed by atoms with E-state index >= 15 is 0 Å². The zero-order chi connectivity index (χ0) is 12.0. The maximum absolute atomic E-state index is 11.2. The molecule has 0 saturated heterocycles. The summed E-state index contributed by atoms with van der Waals surface area (Å²) in [6.07, 6.45) is 0. The largest absolute Gasteiger partial charge is 0.465 e. The predicted octanol–water partition coefficient (Wildman–Crippen LogP) is 3.15. The Morgan fingerprint density at radius 2 is 1.93 bits per heavy atom. The van der Waals surface area contributed by atoms with Crippen LogP contribution in [0, 0.1) is 6.92 Å². The lowest BCUT2D eigenvalue weighted by Gasteiger charge is -2.07. The Bertz CT molecular complexity index is 351. The summed E-state index contributed by atoms with van der Waals surface area (Å²) in [5.41, 5.74) is 7.44. The molecule has 0 unspecified atom stereocenters. The van der Waals surface area contributed by atoms with Crippen molar-refractivity contribution in [1.29, 1.82) is 0 Å². The Labute approximate surface area is 98.7 Å². The summed E-state index contributed by atoms with van der Waals surface area (Å²) in [6.45, 7) is 5.84. The zero-order valence-corrected chi connectivity index (χ0v) is 11.0. The maximum Gasteiger partial charge on any atom is 0.339 e. The molecule has 0 spiro atoms. The normalized spacial score (nSPS) is 8.87. The lowest BCUT2D eigenvalue weighted by atomic mass is 10.1. The number of nitrogen functional groups attached to an aromatic ring is 1. The standard InChI is InChI=1S/C9H10BrNO2.C2H6/c1-5-7(10)4-3-6(8(5)11)9(12)13-2;1-2/h3-4H,11H2,1-2H3;1-2H3. The van der Waals surface area contributed by atoms with E-state index in [4.69, 9.17) is 5.73 Å². The average Bonchev–Trinajstić information content (AvgIpc) is 2.28. The van der Waals surface area contributed by atoms with Gasteiger partial charge in [-0.1, -0.05) is 29.8 Å². The van der Waals surface area contributed by atoms with Gasteiger partial charge in [-0.05, 0) is 24.6 Å². The Kier molecular flexibility index (Phi) is 6.01. The van der Waals surface area contributed by atoms with Crippen LogP contribution in [-0.4, -0.2) is 13.1 Å². The van der Waals surface area contributed by atoms with Crippen molar-refractivity contribution in [3.63, 3.8) is 0 Å². The van der Waals surface area contributed by atoms with E-state index in [1.54, 1.807) is 12.1 Å². The molecule has 0 amide bonds. The van der Waals surface area contributed by atoms with Crippen molar-refractivity contribution in [2.75, 3.05) is 12.8 Å². The Balaban J connectivity index is 0.000000921. The topological polar surface area (TPSA) is 52.3 Å². The maximum atomic E-state index is 11.2. The summed E-state index contributed by atoms with van der Waals surface area (Å²) in [5, 5.41) is 0. The minimum atomic E-state index is -0.409. The molecule has 0 aliphatic rings. The van der Waals surface area contributed by atoms with Gasteiger partial charge in [-0.25, -0.2) is 4.79 Å². The molecule has 1 aromatic rings. The van der Waals surface area contributed by atoms with Gasteiger partial charge >= 0.3 is 5.97 Å². The fraction of sp³-hybridized carbons (Fsp3) is 0.364. The van der Waals surface area contributed by atoms with E-state index in [1.807, 2.05) is 20.8 Å². The fourth-order valence-corrected chi connectivity index (χ4v) is 1.34. The number of anilines is 1. The lowest BCUT2D eigenvalue weighted by Crippen LogP contribution is -2.06. The van der Waals surface area contributed by atoms with Gasteiger partial charge < -0.3 is 10.5 Å². The summed E-state index contributed by atoms with van der Waals surface area (Å²) in [5.74, 6) is -0.409. The molecule has 2 N–H and O–H groups in total. The third-order valence-corrected chi connectivity index (χ3v) is 2.71. The van der Waals surface area contributed by atoms with Crippen molar-refractivity contribution in [2.45, 2.75) is 20.8 Å². The number of benzene rings is 1. The fourth-order valence-electron chi connectivity index (χ4n) is 0.990. The highest BCUT2D eigenvalue weighted by atomic mass is 79.9. The summed E-state index contributed by atoms with van der Waals surface area (Å²) in [7, 11) is 1.33. The summed E-state index contributed by atoms with van der Waals surface area (Å²) in [6, 6.07) is 3.41. The van der Waals surface area contributed by atoms with Gasteiger partial charge in [-0.15, -0.1) is 0 Å². The Morgan fingerprint density at radius 1 is 1.40 bits per heavy atom. The smallest absolute Gasteiger partial charge is 0.339 e. The molecule has 0 fully saturated rings. The van der Waals surface area contributed by atoms with E-state index in [1.165, 1.54) is 7.11 Å². The zero-order valence-electron chi connectivity index (χ0n) is 9.43. The van der Waals surface area contributed by atoms with Gasteiger partial charge in [-0.3, -0.25) is 0 Å². The molecule has 0 aliphatic heterocycles. The molecule has 4 heteroatoms. The van der Waals surface area contributed by atoms with Crippen molar-refractivity contribution in [3.05, 3.63) is 27.7 Å². The molecular formula is C11H16BrNO2. The number of rotatable bonds is 1. The minimum absolute atomic E-state index is 0.406. The third kappa shape index (κ3) is 3.23. The number of nitrogens with two attached hydrogens (primary N) is 1. The molecule has 0 bridgehead atoms. The first kappa shape index (κ1) is 14.0. The highest BCUT2D eigenvalue weighted by molar-refractivity contribution is 9.10. The van der Waals surface area contributed by atoms with Crippen LogP contribution in [0.1, 0.15) is 29.8 Å². The van der Waals surface area contributed by atoms with Crippen molar-refractivity contribution < 1.29 is 9.53 Å². The molecule has 3 nitrogen and oxygen atoms in total. The van der Waals surface area contributed by atoms with Gasteiger partial charge in [0.1, 0.15) is 0 Å². The number of hydrogen-bond acceptors (Lipinski definition) is 3. The number of halogens is 1. The van der Waals surface area contributed by atoms with Gasteiger partial charge in [0.2, 0.25) is 0 Å². The minimum Gasteiger partial charge on any atom is -0.465 e. The number of carbonyl (C=O) groups is 1. The molecule has 84 valence electrons. The Hall–Kier alpha value is -1.03. The van der Waals surface area contributed by atoms with Crippen LogP contribution >= 0.6 is 15.9 Å². The average molecular weight is 274 g/mol. The van der Waals surface area contributed by atoms with Gasteiger partial charge in [0, 0.05) is 4.47 Å². The number of hydrogen-bond donors (Lipinski definition) is 1. The molecule has 0 atom stereocenters. The molecule has 1 rings (SSSR count). The molecule has 0 aliphatic carbocycles. The number of methoxy groups -OCH3 is 1. The van der Waals surface area contributed by atoms with E-state index in [0.717, 1.165) is 10.0 Å². The van der Waals surface area contributed by atoms with E-state index in [2.05, 4.69) is 20.7 Å². The molecule has 0 heterocycles. The first-order chi connectivity index (χ1) is 7.07. The molecule has 15 heavy (non-hydrogen) atoms. The highest BCUT2D eigenvalue weighted by Crippen LogP contribution is 2.25. The molecule has 1 aromatic carbocycles. The van der Waals surface area contributed by atoms with Crippen LogP contribution in [0.2, 0.25) is 0 Å². The van der Waals surface area contributed by atoms with Crippen LogP contribution in [0.15, 0.2) is 16.6 Å². The number of ether oxygens (including phenoxy) is 1. The van der Waals surface area contributed by atoms with E-state index < -0.39 is 5.97 Å². The molecule has 0 radical (unpaired) electrons. The van der Waals surface area contributed by atoms with Crippen molar-refractivity contribution in [3.8, 4) is 0 Å². The quantitative estimate of drug-likeness (QED) is 0.632. The van der Waals surface area contributed by atoms with Crippen molar-refractivity contribution in [1.82, 2.24) is 0 Å². The van der Waals surface area contributed by atoms with E-state index in [-0.39, 0.29) is 0 Å². The molecular weight excluding hydrogens is 258 g/mol. The van der Waals surface area contributed by atoms with Crippen molar-refractivity contribution >= 4 is 27.6 Å². The second-order valence-electron chi connectivity index (χ2n) is 2.63. The second-order valence-corrected chi connectivity index (χ2v) is 3.48. The van der Waals surface area contributed by atoms with E-state index in [9.17, 15) is 4.79 Å². The summed E-state index contributed by atoms with van der Waals surface area (Å²) in [4.78, 5) is 11.2. The van der Waals surface area contributed by atoms with Crippen LogP contribution < -0.4 is 5.73 Å². The molecule has 0 saturated carbocycles. The van der Waals surface area contributed by atoms with Gasteiger partial charge in [0.15, 0.2) is 0 Å². The summed E-state index contributed by atoms with van der Waals surface area (Å²) < 4.78 is 5.46. The number of carbonyl (C=O) groups excluding carboxylic acids is 1. The van der Waals surface area contributed by atoms with E-state index in [0.29, 0.717) is 11.3 Å². The molecule has 0 aromatic heterocycles. The van der Waals surface area contributed by atoms with Crippen molar-refractivity contribution in [2.24, 2.45) is 0 Å². The first-order valence-electron chi connectivity index (χ1n) is 4.70. The van der Waals surface area contributed by atoms with Crippen LogP contribution in [0.3, 0.4) is 0 Å². The third-order valence-electron chi connectivity index (χ3n) is 1.85. The lowest BCUT2D eigenvalue weighted by molar-refractivity contribution is 0.0602. The van der Waals surface area contributed by atoms with Crippen LogP contribution in [-0.2, 0) is 4.74 Å². The first-order valence-corrected chi connectivity index (χ1v) is 5.50. The monoisotopic (exact) mass is 273 g/mol. The van der Waals surface area contributed by atoms with Crippen LogP contribution in [0.5, 0.6) is 0 Å². The number of esters is 1. The second kappa shape index (κ2) is 6.45. The predicted molar refractivity (Wildman–Crippen MR) is 66.0 cm³/mol. The van der Waals surface area contributed by atoms with Crippen LogP contribution in [0.25, 0.3) is 0 Å². The van der Waals surface area contributed by atoms with Crippen LogP contribution in [0.4, 0.5) is 5.69 Å². The Morgan fingerprint density at radius 3 is 2.40 bits per heavy atom.